The average Bonchev–Trinajstić information content (AvgIpc) is 2.71. The number of aromatic nitrogens is 3. The molecule has 2 aromatic rings. The van der Waals surface area contributed by atoms with Crippen LogP contribution in [0.5, 0.6) is 0 Å². The van der Waals surface area contributed by atoms with E-state index in [9.17, 15) is 4.79 Å². The van der Waals surface area contributed by atoms with Crippen molar-refractivity contribution in [1.29, 1.82) is 0 Å². The van der Waals surface area contributed by atoms with Crippen molar-refractivity contribution in [2.45, 2.75) is 13.8 Å². The van der Waals surface area contributed by atoms with Crippen molar-refractivity contribution >= 4 is 11.9 Å². The number of carbonyl (C=O) groups excluding carboxylic acids is 1. The van der Waals surface area contributed by atoms with Crippen LogP contribution >= 0.6 is 0 Å². The molecule has 2 heterocycles. The van der Waals surface area contributed by atoms with E-state index in [0.717, 1.165) is 11.4 Å². The molecule has 2 N–H and O–H groups in total. The fourth-order valence-corrected chi connectivity index (χ4v) is 1.66. The average molecular weight is 245 g/mol. The van der Waals surface area contributed by atoms with E-state index < -0.39 is 0 Å². The van der Waals surface area contributed by atoms with Crippen molar-refractivity contribution in [3.63, 3.8) is 0 Å². The van der Waals surface area contributed by atoms with Gasteiger partial charge in [0.15, 0.2) is 0 Å². The standard InChI is InChI=1S/C12H15N5O/c1-8-7-9(2)14-12(13-8)16-15-11(18)10-5-4-6-17(10)3/h4-7H,1-3H3,(H,15,18)(H,13,14,16). The number of carbonyl (C=O) groups is 1. The van der Waals surface area contributed by atoms with Gasteiger partial charge in [-0.2, -0.15) is 0 Å². The molecular weight excluding hydrogens is 230 g/mol. The molecule has 2 aromatic heterocycles. The fourth-order valence-electron chi connectivity index (χ4n) is 1.66. The molecule has 0 aliphatic carbocycles. The quantitative estimate of drug-likeness (QED) is 0.797. The van der Waals surface area contributed by atoms with Crippen molar-refractivity contribution in [3.8, 4) is 0 Å². The Hall–Kier alpha value is -2.37. The Labute approximate surface area is 105 Å². The van der Waals surface area contributed by atoms with Gasteiger partial charge in [0, 0.05) is 24.6 Å². The number of nitrogens with zero attached hydrogens (tertiary/aromatic N) is 3. The van der Waals surface area contributed by atoms with Gasteiger partial charge in [-0.1, -0.05) is 0 Å². The molecule has 0 radical (unpaired) electrons. The Balaban J connectivity index is 2.04. The summed E-state index contributed by atoms with van der Waals surface area (Å²) in [5, 5.41) is 0. The Kier molecular flexibility index (Phi) is 3.27. The highest BCUT2D eigenvalue weighted by Gasteiger charge is 2.08. The lowest BCUT2D eigenvalue weighted by Gasteiger charge is -2.08. The van der Waals surface area contributed by atoms with E-state index in [-0.39, 0.29) is 5.91 Å². The SMILES string of the molecule is Cc1cc(C)nc(NNC(=O)c2cccn2C)n1. The second-order valence-electron chi connectivity index (χ2n) is 4.06. The molecule has 0 spiro atoms. The predicted octanol–water partition coefficient (Wildman–Crippen LogP) is 1.19. The smallest absolute Gasteiger partial charge is 0.286 e. The molecular formula is C12H15N5O. The number of nitrogens with one attached hydrogen (secondary N) is 2. The van der Waals surface area contributed by atoms with Crippen LogP contribution in [0.1, 0.15) is 21.9 Å². The predicted molar refractivity (Wildman–Crippen MR) is 68.0 cm³/mol. The Morgan fingerprint density at radius 1 is 1.28 bits per heavy atom. The summed E-state index contributed by atoms with van der Waals surface area (Å²) in [6.07, 6.45) is 1.81. The Bertz CT molecular complexity index is 555. The number of rotatable bonds is 3. The van der Waals surface area contributed by atoms with Gasteiger partial charge in [0.2, 0.25) is 5.95 Å². The van der Waals surface area contributed by atoms with Crippen molar-refractivity contribution in [2.75, 3.05) is 5.43 Å². The lowest BCUT2D eigenvalue weighted by molar-refractivity contribution is 0.0954. The largest absolute Gasteiger partial charge is 0.347 e. The fraction of sp³-hybridized carbons (Fsp3) is 0.250. The third kappa shape index (κ3) is 2.65. The number of hydrogen-bond acceptors (Lipinski definition) is 4. The Morgan fingerprint density at radius 2 is 1.94 bits per heavy atom. The molecule has 6 nitrogen and oxygen atoms in total. The molecule has 0 saturated heterocycles. The zero-order chi connectivity index (χ0) is 13.1. The molecule has 0 fully saturated rings. The summed E-state index contributed by atoms with van der Waals surface area (Å²) in [7, 11) is 1.81. The highest BCUT2D eigenvalue weighted by atomic mass is 16.2. The summed E-state index contributed by atoms with van der Waals surface area (Å²) in [5.74, 6) is 0.153. The maximum absolute atomic E-state index is 11.8. The highest BCUT2D eigenvalue weighted by Crippen LogP contribution is 2.03. The van der Waals surface area contributed by atoms with Crippen LogP contribution in [-0.2, 0) is 7.05 Å². The molecule has 0 aromatic carbocycles. The van der Waals surface area contributed by atoms with Gasteiger partial charge in [-0.15, -0.1) is 0 Å². The van der Waals surface area contributed by atoms with E-state index in [1.165, 1.54) is 0 Å². The summed E-state index contributed by atoms with van der Waals surface area (Å²) in [6, 6.07) is 5.41. The maximum atomic E-state index is 11.8. The second-order valence-corrected chi connectivity index (χ2v) is 4.06. The van der Waals surface area contributed by atoms with Crippen molar-refractivity contribution in [1.82, 2.24) is 20.0 Å². The number of hydrazine groups is 1. The van der Waals surface area contributed by atoms with Gasteiger partial charge >= 0.3 is 0 Å². The number of aryl methyl sites for hydroxylation is 3. The summed E-state index contributed by atoms with van der Waals surface area (Å²) in [4.78, 5) is 20.2. The summed E-state index contributed by atoms with van der Waals surface area (Å²) >= 11 is 0. The number of hydrogen-bond donors (Lipinski definition) is 2. The van der Waals surface area contributed by atoms with Crippen LogP contribution in [0.2, 0.25) is 0 Å². The first-order chi connectivity index (χ1) is 8.56. The molecule has 0 atom stereocenters. The third-order valence-corrected chi connectivity index (χ3v) is 2.45. The molecule has 0 aliphatic rings. The van der Waals surface area contributed by atoms with Gasteiger partial charge in [-0.3, -0.25) is 15.6 Å². The van der Waals surface area contributed by atoms with E-state index >= 15 is 0 Å². The van der Waals surface area contributed by atoms with Gasteiger partial charge in [-0.05, 0) is 32.0 Å². The first-order valence-corrected chi connectivity index (χ1v) is 5.56. The van der Waals surface area contributed by atoms with Gasteiger partial charge in [0.25, 0.3) is 5.91 Å². The molecule has 1 amide bonds. The molecule has 2 rings (SSSR count). The van der Waals surface area contributed by atoms with Crippen LogP contribution in [0.25, 0.3) is 0 Å². The molecule has 94 valence electrons. The van der Waals surface area contributed by atoms with Crippen LogP contribution < -0.4 is 10.9 Å². The van der Waals surface area contributed by atoms with Crippen LogP contribution in [0, 0.1) is 13.8 Å². The second kappa shape index (κ2) is 4.87. The molecule has 0 unspecified atom stereocenters. The van der Waals surface area contributed by atoms with E-state index in [4.69, 9.17) is 0 Å². The molecule has 0 bridgehead atoms. The van der Waals surface area contributed by atoms with Crippen LogP contribution in [-0.4, -0.2) is 20.4 Å². The summed E-state index contributed by atoms with van der Waals surface area (Å²) in [5.41, 5.74) is 7.52. The number of anilines is 1. The minimum atomic E-state index is -0.231. The number of amides is 1. The molecule has 0 saturated carbocycles. The van der Waals surface area contributed by atoms with Gasteiger partial charge in [0.05, 0.1) is 0 Å². The van der Waals surface area contributed by atoms with E-state index in [1.54, 1.807) is 10.6 Å². The van der Waals surface area contributed by atoms with Crippen LogP contribution in [0.15, 0.2) is 24.4 Å². The van der Waals surface area contributed by atoms with E-state index in [0.29, 0.717) is 11.6 Å². The highest BCUT2D eigenvalue weighted by molar-refractivity contribution is 5.93. The van der Waals surface area contributed by atoms with Crippen LogP contribution in [0.4, 0.5) is 5.95 Å². The topological polar surface area (TPSA) is 71.8 Å². The van der Waals surface area contributed by atoms with Gasteiger partial charge in [0.1, 0.15) is 5.69 Å². The van der Waals surface area contributed by atoms with Gasteiger partial charge < -0.3 is 4.57 Å². The van der Waals surface area contributed by atoms with E-state index in [2.05, 4.69) is 20.8 Å². The van der Waals surface area contributed by atoms with Crippen molar-refractivity contribution in [2.24, 2.45) is 7.05 Å². The molecule has 0 aliphatic heterocycles. The lowest BCUT2D eigenvalue weighted by Crippen LogP contribution is -2.31. The normalized spacial score (nSPS) is 10.2. The summed E-state index contributed by atoms with van der Waals surface area (Å²) < 4.78 is 1.74. The monoisotopic (exact) mass is 245 g/mol. The first-order valence-electron chi connectivity index (χ1n) is 5.56. The lowest BCUT2D eigenvalue weighted by atomic mass is 10.4. The minimum absolute atomic E-state index is 0.231. The van der Waals surface area contributed by atoms with Crippen molar-refractivity contribution in [3.05, 3.63) is 41.5 Å². The zero-order valence-electron chi connectivity index (χ0n) is 10.6. The maximum Gasteiger partial charge on any atom is 0.286 e. The van der Waals surface area contributed by atoms with Gasteiger partial charge in [-0.25, -0.2) is 9.97 Å². The van der Waals surface area contributed by atoms with E-state index in [1.807, 2.05) is 39.2 Å². The molecule has 6 heteroatoms. The first kappa shape index (κ1) is 12.1. The van der Waals surface area contributed by atoms with Crippen molar-refractivity contribution < 1.29 is 4.79 Å². The minimum Gasteiger partial charge on any atom is -0.347 e. The third-order valence-electron chi connectivity index (χ3n) is 2.45. The zero-order valence-corrected chi connectivity index (χ0v) is 10.6. The molecule has 18 heavy (non-hydrogen) atoms. The van der Waals surface area contributed by atoms with Crippen LogP contribution in [0.3, 0.4) is 0 Å². The Morgan fingerprint density at radius 3 is 2.50 bits per heavy atom. The summed E-state index contributed by atoms with van der Waals surface area (Å²) in [6.45, 7) is 3.75.